The molecule has 0 saturated carbocycles. The van der Waals surface area contributed by atoms with Crippen LogP contribution in [0.15, 0.2) is 27.1 Å². The van der Waals surface area contributed by atoms with Crippen molar-refractivity contribution in [2.75, 3.05) is 20.3 Å². The third kappa shape index (κ3) is 3.52. The van der Waals surface area contributed by atoms with Gasteiger partial charge >= 0.3 is 0 Å². The number of aryl methyl sites for hydroxylation is 1. The number of nitrogens with one attached hydrogen (secondary N) is 1. The van der Waals surface area contributed by atoms with E-state index in [0.717, 1.165) is 30.4 Å². The van der Waals surface area contributed by atoms with Crippen LogP contribution in [0, 0.1) is 6.92 Å². The SMILES string of the molecule is COc1ccc2c(C)c(C(=O)NCCc3noc([C@H]4CCCO4)n3)oc2c1. The summed E-state index contributed by atoms with van der Waals surface area (Å²) in [4.78, 5) is 16.8. The number of amides is 1. The summed E-state index contributed by atoms with van der Waals surface area (Å²) in [6.45, 7) is 2.96. The van der Waals surface area contributed by atoms with Crippen LogP contribution in [0.25, 0.3) is 11.0 Å². The van der Waals surface area contributed by atoms with Crippen LogP contribution in [0.2, 0.25) is 0 Å². The van der Waals surface area contributed by atoms with Crippen molar-refractivity contribution in [1.82, 2.24) is 15.5 Å². The predicted octanol–water partition coefficient (Wildman–Crippen LogP) is 2.96. The van der Waals surface area contributed by atoms with Gasteiger partial charge in [0, 0.05) is 36.6 Å². The largest absolute Gasteiger partial charge is 0.497 e. The molecule has 8 nitrogen and oxygen atoms in total. The Morgan fingerprint density at radius 1 is 1.41 bits per heavy atom. The number of hydrogen-bond acceptors (Lipinski definition) is 7. The second kappa shape index (κ2) is 7.40. The van der Waals surface area contributed by atoms with E-state index < -0.39 is 0 Å². The molecule has 0 spiro atoms. The number of rotatable bonds is 6. The molecule has 3 aromatic rings. The fraction of sp³-hybridized carbons (Fsp3) is 0.421. The number of methoxy groups -OCH3 is 1. The van der Waals surface area contributed by atoms with Crippen LogP contribution in [0.1, 0.15) is 46.8 Å². The van der Waals surface area contributed by atoms with Crippen molar-refractivity contribution in [1.29, 1.82) is 0 Å². The van der Waals surface area contributed by atoms with Crippen LogP contribution in [0.5, 0.6) is 5.75 Å². The van der Waals surface area contributed by atoms with Gasteiger partial charge in [-0.15, -0.1) is 0 Å². The number of ether oxygens (including phenoxy) is 2. The van der Waals surface area contributed by atoms with Gasteiger partial charge in [0.1, 0.15) is 17.4 Å². The summed E-state index contributed by atoms with van der Waals surface area (Å²) in [6, 6.07) is 5.50. The van der Waals surface area contributed by atoms with E-state index in [-0.39, 0.29) is 12.0 Å². The smallest absolute Gasteiger partial charge is 0.287 e. The van der Waals surface area contributed by atoms with Crippen molar-refractivity contribution in [3.8, 4) is 5.75 Å². The maximum absolute atomic E-state index is 12.5. The highest BCUT2D eigenvalue weighted by atomic mass is 16.5. The Labute approximate surface area is 155 Å². The van der Waals surface area contributed by atoms with Crippen molar-refractivity contribution < 1.29 is 23.2 Å². The van der Waals surface area contributed by atoms with E-state index in [9.17, 15) is 4.79 Å². The van der Waals surface area contributed by atoms with Crippen LogP contribution in [-0.2, 0) is 11.2 Å². The van der Waals surface area contributed by atoms with Crippen LogP contribution >= 0.6 is 0 Å². The number of furan rings is 1. The van der Waals surface area contributed by atoms with Gasteiger partial charge in [0.25, 0.3) is 11.8 Å². The highest BCUT2D eigenvalue weighted by Gasteiger charge is 2.24. The quantitative estimate of drug-likeness (QED) is 0.711. The normalized spacial score (nSPS) is 16.7. The van der Waals surface area contributed by atoms with Crippen molar-refractivity contribution in [2.24, 2.45) is 0 Å². The molecule has 3 heterocycles. The van der Waals surface area contributed by atoms with E-state index >= 15 is 0 Å². The van der Waals surface area contributed by atoms with Crippen LogP contribution in [-0.4, -0.2) is 36.3 Å². The third-order valence-corrected chi connectivity index (χ3v) is 4.67. The van der Waals surface area contributed by atoms with Crippen molar-refractivity contribution in [2.45, 2.75) is 32.3 Å². The zero-order valence-electron chi connectivity index (χ0n) is 15.3. The summed E-state index contributed by atoms with van der Waals surface area (Å²) < 4.78 is 21.7. The molecule has 0 radical (unpaired) electrons. The van der Waals surface area contributed by atoms with Crippen LogP contribution < -0.4 is 10.1 Å². The number of carbonyl (C=O) groups is 1. The molecule has 1 saturated heterocycles. The minimum Gasteiger partial charge on any atom is -0.497 e. The van der Waals surface area contributed by atoms with E-state index in [1.807, 2.05) is 19.1 Å². The standard InChI is InChI=1S/C19H21N3O5/c1-11-13-6-5-12(24-2)10-15(13)26-17(11)18(23)20-8-7-16-21-19(27-22-16)14-4-3-9-25-14/h5-6,10,14H,3-4,7-9H2,1-2H3,(H,20,23)/t14-/m1/s1. The highest BCUT2D eigenvalue weighted by Crippen LogP contribution is 2.29. The molecule has 4 rings (SSSR count). The third-order valence-electron chi connectivity index (χ3n) is 4.67. The number of hydrogen-bond donors (Lipinski definition) is 1. The number of benzene rings is 1. The van der Waals surface area contributed by atoms with E-state index in [2.05, 4.69) is 15.5 Å². The Kier molecular flexibility index (Phi) is 4.81. The zero-order chi connectivity index (χ0) is 18.8. The molecule has 8 heteroatoms. The van der Waals surface area contributed by atoms with Crippen LogP contribution in [0.3, 0.4) is 0 Å². The molecule has 27 heavy (non-hydrogen) atoms. The monoisotopic (exact) mass is 371 g/mol. The Morgan fingerprint density at radius 2 is 2.30 bits per heavy atom. The van der Waals surface area contributed by atoms with Gasteiger partial charge in [-0.25, -0.2) is 0 Å². The van der Waals surface area contributed by atoms with E-state index in [1.54, 1.807) is 13.2 Å². The lowest BCUT2D eigenvalue weighted by molar-refractivity contribution is 0.0835. The molecule has 1 atom stereocenters. The number of carbonyl (C=O) groups excluding carboxylic acids is 1. The second-order valence-electron chi connectivity index (χ2n) is 6.47. The molecule has 0 aliphatic carbocycles. The molecule has 1 aromatic carbocycles. The van der Waals surface area contributed by atoms with Gasteiger partial charge in [-0.3, -0.25) is 4.79 Å². The summed E-state index contributed by atoms with van der Waals surface area (Å²) in [5, 5.41) is 7.68. The summed E-state index contributed by atoms with van der Waals surface area (Å²) in [5.74, 6) is 1.77. The average molecular weight is 371 g/mol. The highest BCUT2D eigenvalue weighted by molar-refractivity contribution is 5.99. The molecule has 1 aliphatic rings. The molecule has 0 unspecified atom stereocenters. The molecule has 1 N–H and O–H groups in total. The van der Waals surface area contributed by atoms with Gasteiger partial charge < -0.3 is 23.7 Å². The second-order valence-corrected chi connectivity index (χ2v) is 6.47. The lowest BCUT2D eigenvalue weighted by Gasteiger charge is -2.02. The molecule has 1 amide bonds. The minimum absolute atomic E-state index is 0.101. The fourth-order valence-corrected chi connectivity index (χ4v) is 3.19. The molecule has 2 aromatic heterocycles. The predicted molar refractivity (Wildman–Crippen MR) is 95.8 cm³/mol. The van der Waals surface area contributed by atoms with Gasteiger partial charge in [0.05, 0.1) is 7.11 Å². The Bertz CT molecular complexity index is 956. The maximum Gasteiger partial charge on any atom is 0.287 e. The van der Waals surface area contributed by atoms with E-state index in [0.29, 0.717) is 41.8 Å². The van der Waals surface area contributed by atoms with Crippen molar-refractivity contribution >= 4 is 16.9 Å². The summed E-state index contributed by atoms with van der Waals surface area (Å²) in [5.41, 5.74) is 1.42. The molecule has 0 bridgehead atoms. The first kappa shape index (κ1) is 17.5. The first-order valence-corrected chi connectivity index (χ1v) is 8.95. The van der Waals surface area contributed by atoms with Gasteiger partial charge in [-0.2, -0.15) is 4.98 Å². The van der Waals surface area contributed by atoms with E-state index in [4.69, 9.17) is 18.4 Å². The summed E-state index contributed by atoms with van der Waals surface area (Å²) in [6.07, 6.45) is 2.26. The van der Waals surface area contributed by atoms with Gasteiger partial charge in [0.2, 0.25) is 0 Å². The molecule has 1 aliphatic heterocycles. The average Bonchev–Trinajstić information content (AvgIpc) is 3.41. The first-order chi connectivity index (χ1) is 13.2. The first-order valence-electron chi connectivity index (χ1n) is 8.95. The fourth-order valence-electron chi connectivity index (χ4n) is 3.19. The topological polar surface area (TPSA) is 99.6 Å². The molecular formula is C19H21N3O5. The van der Waals surface area contributed by atoms with Crippen LogP contribution in [0.4, 0.5) is 0 Å². The molecule has 1 fully saturated rings. The number of nitrogens with zero attached hydrogens (tertiary/aromatic N) is 2. The van der Waals surface area contributed by atoms with Gasteiger partial charge in [-0.1, -0.05) is 5.16 Å². The summed E-state index contributed by atoms with van der Waals surface area (Å²) in [7, 11) is 1.59. The number of aromatic nitrogens is 2. The Balaban J connectivity index is 1.38. The Morgan fingerprint density at radius 3 is 3.07 bits per heavy atom. The molecule has 142 valence electrons. The minimum atomic E-state index is -0.273. The van der Waals surface area contributed by atoms with Crippen molar-refractivity contribution in [3.05, 3.63) is 41.2 Å². The summed E-state index contributed by atoms with van der Waals surface area (Å²) >= 11 is 0. The number of fused-ring (bicyclic) bond motifs is 1. The van der Waals surface area contributed by atoms with Gasteiger partial charge in [0.15, 0.2) is 11.6 Å². The van der Waals surface area contributed by atoms with E-state index in [1.165, 1.54) is 0 Å². The lowest BCUT2D eigenvalue weighted by Crippen LogP contribution is -2.26. The lowest BCUT2D eigenvalue weighted by atomic mass is 10.1. The Hall–Kier alpha value is -2.87. The zero-order valence-corrected chi connectivity index (χ0v) is 15.3. The van der Waals surface area contributed by atoms with Crippen molar-refractivity contribution in [3.63, 3.8) is 0 Å². The maximum atomic E-state index is 12.5. The molecular weight excluding hydrogens is 350 g/mol. The van der Waals surface area contributed by atoms with Gasteiger partial charge in [-0.05, 0) is 31.9 Å².